The Morgan fingerprint density at radius 1 is 1.41 bits per heavy atom. The van der Waals surface area contributed by atoms with E-state index in [-0.39, 0.29) is 10.0 Å². The van der Waals surface area contributed by atoms with Gasteiger partial charge in [-0.3, -0.25) is 4.68 Å². The minimum Gasteiger partial charge on any atom is -0.250 e. The highest BCUT2D eigenvalue weighted by Crippen LogP contribution is 2.26. The molecule has 0 bridgehead atoms. The number of rotatable bonds is 2. The summed E-state index contributed by atoms with van der Waals surface area (Å²) in [4.78, 5) is 4.14. The molecule has 17 heavy (non-hydrogen) atoms. The van der Waals surface area contributed by atoms with Crippen molar-refractivity contribution in [1.82, 2.24) is 14.8 Å². The molecule has 2 aromatic rings. The Balaban J connectivity index is 2.76. The maximum atomic E-state index is 12.1. The summed E-state index contributed by atoms with van der Waals surface area (Å²) in [7, 11) is -1.70. The molecule has 0 fully saturated rings. The number of hydrogen-bond acceptors (Lipinski definition) is 4. The summed E-state index contributed by atoms with van der Waals surface area (Å²) in [5.41, 5.74) is 0.567. The van der Waals surface area contributed by atoms with Gasteiger partial charge in [-0.25, -0.2) is 13.4 Å². The SMILES string of the molecule is CC(C)S(=O)(=O)c1cc2cnn(C)c2nc1Cl. The van der Waals surface area contributed by atoms with Crippen LogP contribution in [0.5, 0.6) is 0 Å². The van der Waals surface area contributed by atoms with E-state index in [0.717, 1.165) is 0 Å². The van der Waals surface area contributed by atoms with E-state index < -0.39 is 15.1 Å². The Morgan fingerprint density at radius 3 is 2.65 bits per heavy atom. The number of aromatic nitrogens is 3. The molecule has 0 spiro atoms. The van der Waals surface area contributed by atoms with Crippen molar-refractivity contribution in [3.63, 3.8) is 0 Å². The molecule has 0 unspecified atom stereocenters. The highest BCUT2D eigenvalue weighted by molar-refractivity contribution is 7.92. The number of pyridine rings is 1. The van der Waals surface area contributed by atoms with E-state index in [1.807, 2.05) is 0 Å². The van der Waals surface area contributed by atoms with Crippen LogP contribution in [0.25, 0.3) is 11.0 Å². The third-order valence-corrected chi connectivity index (χ3v) is 5.12. The lowest BCUT2D eigenvalue weighted by molar-refractivity contribution is 0.587. The molecular formula is C10H12ClN3O2S. The van der Waals surface area contributed by atoms with Crippen LogP contribution in [0, 0.1) is 0 Å². The van der Waals surface area contributed by atoms with Crippen molar-refractivity contribution in [2.45, 2.75) is 24.0 Å². The van der Waals surface area contributed by atoms with Crippen LogP contribution >= 0.6 is 11.6 Å². The van der Waals surface area contributed by atoms with Crippen molar-refractivity contribution >= 4 is 32.5 Å². The van der Waals surface area contributed by atoms with Crippen LogP contribution in [0.3, 0.4) is 0 Å². The van der Waals surface area contributed by atoms with E-state index in [1.54, 1.807) is 31.8 Å². The molecule has 0 N–H and O–H groups in total. The fourth-order valence-corrected chi connectivity index (χ4v) is 3.03. The van der Waals surface area contributed by atoms with Crippen LogP contribution in [-0.2, 0) is 16.9 Å². The maximum absolute atomic E-state index is 12.1. The summed E-state index contributed by atoms with van der Waals surface area (Å²) in [6.45, 7) is 3.22. The summed E-state index contributed by atoms with van der Waals surface area (Å²) < 4.78 is 25.7. The number of sulfone groups is 1. The van der Waals surface area contributed by atoms with Crippen molar-refractivity contribution in [2.24, 2.45) is 7.05 Å². The van der Waals surface area contributed by atoms with E-state index in [9.17, 15) is 8.42 Å². The van der Waals surface area contributed by atoms with Gasteiger partial charge in [0.2, 0.25) is 0 Å². The molecule has 7 heteroatoms. The molecule has 0 aliphatic heterocycles. The predicted molar refractivity (Wildman–Crippen MR) is 65.8 cm³/mol. The number of halogens is 1. The van der Waals surface area contributed by atoms with Gasteiger partial charge in [0, 0.05) is 12.4 Å². The molecular weight excluding hydrogens is 262 g/mol. The molecule has 0 aliphatic carbocycles. The second kappa shape index (κ2) is 3.96. The number of hydrogen-bond donors (Lipinski definition) is 0. The smallest absolute Gasteiger partial charge is 0.183 e. The van der Waals surface area contributed by atoms with Gasteiger partial charge in [0.05, 0.1) is 11.4 Å². The minimum atomic E-state index is -3.42. The Labute approximate surface area is 104 Å². The van der Waals surface area contributed by atoms with Gasteiger partial charge in [-0.05, 0) is 19.9 Å². The van der Waals surface area contributed by atoms with Crippen molar-refractivity contribution in [2.75, 3.05) is 0 Å². The van der Waals surface area contributed by atoms with E-state index in [0.29, 0.717) is 11.0 Å². The normalized spacial score (nSPS) is 12.5. The van der Waals surface area contributed by atoms with Gasteiger partial charge in [0.1, 0.15) is 10.0 Å². The molecule has 0 amide bonds. The van der Waals surface area contributed by atoms with Crippen LogP contribution < -0.4 is 0 Å². The van der Waals surface area contributed by atoms with Crippen molar-refractivity contribution in [3.05, 3.63) is 17.4 Å². The summed E-state index contributed by atoms with van der Waals surface area (Å²) in [6, 6.07) is 1.52. The first-order valence-corrected chi connectivity index (χ1v) is 6.98. The largest absolute Gasteiger partial charge is 0.250 e. The summed E-state index contributed by atoms with van der Waals surface area (Å²) >= 11 is 5.93. The molecule has 2 rings (SSSR count). The molecule has 92 valence electrons. The zero-order chi connectivity index (χ0) is 12.8. The van der Waals surface area contributed by atoms with E-state index in [1.165, 1.54) is 6.07 Å². The second-order valence-corrected chi connectivity index (χ2v) is 6.88. The van der Waals surface area contributed by atoms with Crippen molar-refractivity contribution in [1.29, 1.82) is 0 Å². The highest BCUT2D eigenvalue weighted by atomic mass is 35.5. The van der Waals surface area contributed by atoms with E-state index in [2.05, 4.69) is 10.1 Å². The number of aryl methyl sites for hydroxylation is 1. The molecule has 0 saturated carbocycles. The van der Waals surface area contributed by atoms with Gasteiger partial charge in [-0.15, -0.1) is 0 Å². The summed E-state index contributed by atoms with van der Waals surface area (Å²) in [5, 5.41) is 4.13. The monoisotopic (exact) mass is 273 g/mol. The van der Waals surface area contributed by atoms with Gasteiger partial charge >= 0.3 is 0 Å². The zero-order valence-corrected chi connectivity index (χ0v) is 11.2. The van der Waals surface area contributed by atoms with Crippen LogP contribution in [0.2, 0.25) is 5.15 Å². The quantitative estimate of drug-likeness (QED) is 0.783. The average molecular weight is 274 g/mol. The van der Waals surface area contributed by atoms with Crippen LogP contribution in [0.4, 0.5) is 0 Å². The van der Waals surface area contributed by atoms with Gasteiger partial charge < -0.3 is 0 Å². The molecule has 0 saturated heterocycles. The third kappa shape index (κ3) is 1.91. The zero-order valence-electron chi connectivity index (χ0n) is 9.68. The Bertz CT molecular complexity index is 676. The molecule has 0 atom stereocenters. The van der Waals surface area contributed by atoms with E-state index >= 15 is 0 Å². The topological polar surface area (TPSA) is 64.8 Å². The van der Waals surface area contributed by atoms with Gasteiger partial charge in [0.25, 0.3) is 0 Å². The van der Waals surface area contributed by atoms with Crippen molar-refractivity contribution < 1.29 is 8.42 Å². The number of nitrogens with zero attached hydrogens (tertiary/aromatic N) is 3. The maximum Gasteiger partial charge on any atom is 0.183 e. The fourth-order valence-electron chi connectivity index (χ4n) is 1.49. The Kier molecular flexibility index (Phi) is 2.87. The first-order valence-electron chi connectivity index (χ1n) is 5.06. The molecule has 0 aromatic carbocycles. The van der Waals surface area contributed by atoms with Gasteiger partial charge in [-0.2, -0.15) is 5.10 Å². The van der Waals surface area contributed by atoms with Crippen molar-refractivity contribution in [3.8, 4) is 0 Å². The summed E-state index contributed by atoms with van der Waals surface area (Å²) in [5.74, 6) is 0. The molecule has 2 heterocycles. The lowest BCUT2D eigenvalue weighted by atomic mass is 10.4. The molecule has 5 nitrogen and oxygen atoms in total. The highest BCUT2D eigenvalue weighted by Gasteiger charge is 2.24. The van der Waals surface area contributed by atoms with E-state index in [4.69, 9.17) is 11.6 Å². The van der Waals surface area contributed by atoms with Crippen LogP contribution in [-0.4, -0.2) is 28.4 Å². The van der Waals surface area contributed by atoms with Gasteiger partial charge in [0.15, 0.2) is 15.5 Å². The molecule has 0 aliphatic rings. The predicted octanol–water partition coefficient (Wildman–Crippen LogP) is 1.80. The summed E-state index contributed by atoms with van der Waals surface area (Å²) in [6.07, 6.45) is 1.57. The number of fused-ring (bicyclic) bond motifs is 1. The molecule has 0 radical (unpaired) electrons. The third-order valence-electron chi connectivity index (χ3n) is 2.56. The lowest BCUT2D eigenvalue weighted by Crippen LogP contribution is -2.15. The van der Waals surface area contributed by atoms with Crippen LogP contribution in [0.1, 0.15) is 13.8 Å². The fraction of sp³-hybridized carbons (Fsp3) is 0.400. The van der Waals surface area contributed by atoms with Gasteiger partial charge in [-0.1, -0.05) is 11.6 Å². The molecule has 2 aromatic heterocycles. The first kappa shape index (κ1) is 12.3. The van der Waals surface area contributed by atoms with Crippen LogP contribution in [0.15, 0.2) is 17.2 Å². The second-order valence-electron chi connectivity index (χ2n) is 4.05. The average Bonchev–Trinajstić information content (AvgIpc) is 2.59. The lowest BCUT2D eigenvalue weighted by Gasteiger charge is -2.09. The Hall–Kier alpha value is -1.14. The minimum absolute atomic E-state index is 0.00481. The standard InChI is InChI=1S/C10H12ClN3O2S/c1-6(2)17(15,16)8-4-7-5-12-14(3)10(7)13-9(8)11/h4-6H,1-3H3. The first-order chi connectivity index (χ1) is 7.84. The Morgan fingerprint density at radius 2 is 2.06 bits per heavy atom.